The second kappa shape index (κ2) is 7.10. The maximum absolute atomic E-state index is 4.68. The minimum atomic E-state index is 0.954. The number of aromatic nitrogens is 2. The average molecular weight is 302 g/mol. The first-order chi connectivity index (χ1) is 11.4. The molecular weight excluding hydrogens is 280 g/mol. The monoisotopic (exact) mass is 302 g/mol. The average Bonchev–Trinajstić information content (AvgIpc) is 3.26. The van der Waals surface area contributed by atoms with Crippen LogP contribution >= 0.6 is 0 Å². The van der Waals surface area contributed by atoms with E-state index in [1.807, 2.05) is 13.8 Å². The van der Waals surface area contributed by atoms with Crippen molar-refractivity contribution in [3.8, 4) is 0 Å². The number of allylic oxidation sites excluding steroid dienone is 4. The molecule has 2 aromatic carbocycles. The van der Waals surface area contributed by atoms with Gasteiger partial charge in [-0.1, -0.05) is 68.5 Å². The number of nitrogens with zero attached hydrogens (tertiary/aromatic N) is 1. The normalized spacial score (nSPS) is 12.9. The van der Waals surface area contributed by atoms with Crippen molar-refractivity contribution in [2.75, 3.05) is 0 Å². The van der Waals surface area contributed by atoms with Crippen LogP contribution in [0, 0.1) is 0 Å². The third-order valence-corrected chi connectivity index (χ3v) is 3.87. The Morgan fingerprint density at radius 1 is 1.00 bits per heavy atom. The Labute approximate surface area is 137 Å². The van der Waals surface area contributed by atoms with Crippen LogP contribution in [0.15, 0.2) is 66.8 Å². The zero-order chi connectivity index (χ0) is 16.1. The van der Waals surface area contributed by atoms with E-state index in [9.17, 15) is 0 Å². The number of imidazole rings is 1. The van der Waals surface area contributed by atoms with E-state index in [-0.39, 0.29) is 0 Å². The van der Waals surface area contributed by atoms with Crippen molar-refractivity contribution in [1.82, 2.24) is 9.97 Å². The van der Waals surface area contributed by atoms with E-state index in [2.05, 4.69) is 76.7 Å². The van der Waals surface area contributed by atoms with E-state index in [1.54, 1.807) is 0 Å². The van der Waals surface area contributed by atoms with E-state index in [0.717, 1.165) is 29.7 Å². The van der Waals surface area contributed by atoms with Gasteiger partial charge in [0.15, 0.2) is 0 Å². The summed E-state index contributed by atoms with van der Waals surface area (Å²) in [5, 5.41) is 0. The summed E-state index contributed by atoms with van der Waals surface area (Å²) in [7, 11) is 0. The van der Waals surface area contributed by atoms with Crippen LogP contribution in [0.3, 0.4) is 0 Å². The van der Waals surface area contributed by atoms with Crippen molar-refractivity contribution < 1.29 is 0 Å². The molecule has 1 aromatic heterocycles. The number of hydrogen-bond donors (Lipinski definition) is 1. The van der Waals surface area contributed by atoms with E-state index >= 15 is 0 Å². The Kier molecular flexibility index (Phi) is 4.72. The molecule has 1 N–H and O–H groups in total. The summed E-state index contributed by atoms with van der Waals surface area (Å²) < 4.78 is 0. The Morgan fingerprint density at radius 2 is 1.83 bits per heavy atom. The van der Waals surface area contributed by atoms with Gasteiger partial charge in [0.25, 0.3) is 0 Å². The minimum absolute atomic E-state index is 0.954. The molecule has 1 aliphatic rings. The molecule has 1 aliphatic carbocycles. The molecule has 0 saturated heterocycles. The standard InChI is InChI=1S/C19H16N2.C2H6/c1-2-6-14(7-3-1)12-15-10-11-17-18(13-15)21-19(20-17)16-8-4-5-9-16;1-2/h1-8,10-11,13H,9,12H2,(H,20,21);1-2H3. The molecule has 0 saturated carbocycles. The number of fused-ring (bicyclic) bond motifs is 1. The lowest BCUT2D eigenvalue weighted by Crippen LogP contribution is -1.87. The zero-order valence-electron chi connectivity index (χ0n) is 13.7. The second-order valence-corrected chi connectivity index (χ2v) is 5.42. The van der Waals surface area contributed by atoms with Crippen LogP contribution in [0.25, 0.3) is 16.6 Å². The molecular formula is C21H22N2. The minimum Gasteiger partial charge on any atom is -0.338 e. The fourth-order valence-electron chi connectivity index (χ4n) is 2.77. The Morgan fingerprint density at radius 3 is 2.57 bits per heavy atom. The van der Waals surface area contributed by atoms with Gasteiger partial charge in [0, 0.05) is 0 Å². The number of hydrogen-bond acceptors (Lipinski definition) is 1. The summed E-state index contributed by atoms with van der Waals surface area (Å²) in [5.74, 6) is 0.992. The first kappa shape index (κ1) is 15.3. The van der Waals surface area contributed by atoms with Gasteiger partial charge in [0.1, 0.15) is 5.82 Å². The van der Waals surface area contributed by atoms with Gasteiger partial charge < -0.3 is 4.98 Å². The van der Waals surface area contributed by atoms with Gasteiger partial charge in [-0.25, -0.2) is 4.98 Å². The molecule has 0 spiro atoms. The molecule has 0 aliphatic heterocycles. The topological polar surface area (TPSA) is 28.7 Å². The summed E-state index contributed by atoms with van der Waals surface area (Å²) >= 11 is 0. The van der Waals surface area contributed by atoms with Crippen molar-refractivity contribution >= 4 is 16.6 Å². The van der Waals surface area contributed by atoms with Crippen molar-refractivity contribution in [2.24, 2.45) is 0 Å². The predicted octanol–water partition coefficient (Wildman–Crippen LogP) is 5.52. The van der Waals surface area contributed by atoms with Crippen molar-refractivity contribution in [3.63, 3.8) is 0 Å². The van der Waals surface area contributed by atoms with Crippen molar-refractivity contribution in [1.29, 1.82) is 0 Å². The van der Waals surface area contributed by atoms with E-state index in [4.69, 9.17) is 0 Å². The van der Waals surface area contributed by atoms with Gasteiger partial charge in [-0.15, -0.1) is 0 Å². The summed E-state index contributed by atoms with van der Waals surface area (Å²) in [5.41, 5.74) is 6.05. The van der Waals surface area contributed by atoms with Crippen LogP contribution in [0.2, 0.25) is 0 Å². The van der Waals surface area contributed by atoms with Gasteiger partial charge in [0.05, 0.1) is 11.0 Å². The van der Waals surface area contributed by atoms with Crippen molar-refractivity contribution in [3.05, 3.63) is 83.7 Å². The van der Waals surface area contributed by atoms with Crippen molar-refractivity contribution in [2.45, 2.75) is 26.7 Å². The van der Waals surface area contributed by atoms with Crippen LogP contribution in [0.1, 0.15) is 37.2 Å². The van der Waals surface area contributed by atoms with Crippen LogP contribution < -0.4 is 0 Å². The molecule has 0 radical (unpaired) electrons. The molecule has 0 atom stereocenters. The predicted molar refractivity (Wildman–Crippen MR) is 98.4 cm³/mol. The fraction of sp³-hybridized carbons (Fsp3) is 0.190. The van der Waals surface area contributed by atoms with Gasteiger partial charge in [-0.05, 0) is 41.7 Å². The van der Waals surface area contributed by atoms with E-state index in [0.29, 0.717) is 0 Å². The van der Waals surface area contributed by atoms with E-state index in [1.165, 1.54) is 16.7 Å². The number of H-pyrrole nitrogens is 1. The maximum atomic E-state index is 4.68. The van der Waals surface area contributed by atoms with Crippen LogP contribution in [0.4, 0.5) is 0 Å². The van der Waals surface area contributed by atoms with Crippen LogP contribution in [0.5, 0.6) is 0 Å². The number of benzene rings is 2. The SMILES string of the molecule is C1=CCC(c2nc3ccc(Cc4ccccc4)cc3[nH]2)=C1.CC. The number of rotatable bonds is 3. The second-order valence-electron chi connectivity index (χ2n) is 5.42. The Hall–Kier alpha value is -2.61. The highest BCUT2D eigenvalue weighted by atomic mass is 14.9. The van der Waals surface area contributed by atoms with Crippen LogP contribution in [-0.2, 0) is 6.42 Å². The lowest BCUT2D eigenvalue weighted by Gasteiger charge is -2.01. The van der Waals surface area contributed by atoms with Gasteiger partial charge >= 0.3 is 0 Å². The fourth-order valence-corrected chi connectivity index (χ4v) is 2.77. The molecule has 0 amide bonds. The highest BCUT2D eigenvalue weighted by Gasteiger charge is 2.09. The highest BCUT2D eigenvalue weighted by molar-refractivity contribution is 5.80. The molecule has 23 heavy (non-hydrogen) atoms. The zero-order valence-corrected chi connectivity index (χ0v) is 13.7. The first-order valence-corrected chi connectivity index (χ1v) is 8.27. The van der Waals surface area contributed by atoms with Crippen LogP contribution in [-0.4, -0.2) is 9.97 Å². The third-order valence-electron chi connectivity index (χ3n) is 3.87. The summed E-state index contributed by atoms with van der Waals surface area (Å²) in [4.78, 5) is 8.12. The summed E-state index contributed by atoms with van der Waals surface area (Å²) in [6.45, 7) is 4.00. The third kappa shape index (κ3) is 3.42. The molecule has 4 rings (SSSR count). The van der Waals surface area contributed by atoms with Gasteiger partial charge in [-0.2, -0.15) is 0 Å². The van der Waals surface area contributed by atoms with Gasteiger partial charge in [0.2, 0.25) is 0 Å². The molecule has 0 bridgehead atoms. The molecule has 116 valence electrons. The highest BCUT2D eigenvalue weighted by Crippen LogP contribution is 2.24. The first-order valence-electron chi connectivity index (χ1n) is 8.27. The molecule has 2 heteroatoms. The Balaban J connectivity index is 0.000000753. The molecule has 0 unspecified atom stereocenters. The lowest BCUT2D eigenvalue weighted by atomic mass is 10.0. The van der Waals surface area contributed by atoms with E-state index < -0.39 is 0 Å². The Bertz CT molecular complexity index is 839. The smallest absolute Gasteiger partial charge is 0.134 e. The maximum Gasteiger partial charge on any atom is 0.134 e. The number of nitrogens with one attached hydrogen (secondary N) is 1. The summed E-state index contributed by atoms with van der Waals surface area (Å²) in [6, 6.07) is 17.0. The summed E-state index contributed by atoms with van der Waals surface area (Å²) in [6.07, 6.45) is 8.29. The van der Waals surface area contributed by atoms with Gasteiger partial charge in [-0.3, -0.25) is 0 Å². The largest absolute Gasteiger partial charge is 0.338 e. The molecule has 3 aromatic rings. The quantitative estimate of drug-likeness (QED) is 0.677. The molecule has 2 nitrogen and oxygen atoms in total. The molecule has 0 fully saturated rings. The number of aromatic amines is 1. The molecule has 1 heterocycles. The lowest BCUT2D eigenvalue weighted by molar-refractivity contribution is 1.20.